The van der Waals surface area contributed by atoms with E-state index in [1.165, 1.54) is 24.3 Å². The highest BCUT2D eigenvalue weighted by Gasteiger charge is 2.39. The van der Waals surface area contributed by atoms with E-state index in [0.29, 0.717) is 26.3 Å². The van der Waals surface area contributed by atoms with Crippen LogP contribution in [0.25, 0.3) is 68.6 Å². The highest BCUT2D eigenvalue weighted by Crippen LogP contribution is 2.40. The molecule has 2 N–H and O–H groups in total. The number of aromatic nitrogens is 4. The Morgan fingerprint density at radius 3 is 1.30 bits per heavy atom. The van der Waals surface area contributed by atoms with Crippen LogP contribution in [0.3, 0.4) is 0 Å². The minimum Gasteiger partial charge on any atom is -0.354 e. The van der Waals surface area contributed by atoms with Gasteiger partial charge in [-0.05, 0) is 99.9 Å². The van der Waals surface area contributed by atoms with Crippen molar-refractivity contribution >= 4 is 88.0 Å². The number of hydrogen-bond donors (Lipinski definition) is 2. The molecule has 9 rings (SSSR count). The Morgan fingerprint density at radius 2 is 0.804 bits per heavy atom. The molecule has 7 aromatic rings. The van der Waals surface area contributed by atoms with Gasteiger partial charge in [-0.15, -0.1) is 0 Å². The summed E-state index contributed by atoms with van der Waals surface area (Å²) in [7, 11) is -9.62. The molecule has 2 aliphatic heterocycles. The second-order valence-corrected chi connectivity index (χ2v) is 17.6. The van der Waals surface area contributed by atoms with Crippen LogP contribution >= 0.6 is 15.9 Å². The summed E-state index contributed by atoms with van der Waals surface area (Å²) in [5.74, 6) is 0. The third-order valence-corrected chi connectivity index (χ3v) is 14.5. The molecule has 8 bridgehead atoms. The number of nitrogens with zero attached hydrogens (tertiary/aromatic N) is 3. The zero-order valence-electron chi connectivity index (χ0n) is 29.3. The summed E-state index contributed by atoms with van der Waals surface area (Å²) in [5, 5.41) is 0. The maximum absolute atomic E-state index is 15.0. The van der Waals surface area contributed by atoms with E-state index in [9.17, 15) is 16.8 Å². The molecule has 0 amide bonds. The number of rotatable bonds is 7. The third-order valence-electron chi connectivity index (χ3n) is 9.49. The highest BCUT2D eigenvalue weighted by atomic mass is 79.9. The highest BCUT2D eigenvalue weighted by molar-refractivity contribution is 9.10. The average Bonchev–Trinajstić information content (AvgIpc) is 4.07. The van der Waals surface area contributed by atoms with Gasteiger partial charge in [0, 0.05) is 22.2 Å². The van der Waals surface area contributed by atoms with Crippen LogP contribution in [0.4, 0.5) is 5.69 Å². The average molecular weight is 837 g/mol. The zero-order chi connectivity index (χ0) is 38.4. The standard InChI is InChI=1S/C44H30BrN5O4S2/c45-43-37-25-21-33(46-37)41(29-13-5-1-6-14-29)35-23-27-39(48-35)44(40-28-24-36(49-40)42(30-15-7-2-8-16-30)34-22-26-38(43)47-34)50(55(51,52)31-17-9-3-10-18-31)56(53,54)32-19-11-4-12-20-32/h1-28,46,49H. The number of halogens is 1. The van der Waals surface area contributed by atoms with E-state index in [1.807, 2.05) is 84.9 Å². The van der Waals surface area contributed by atoms with Crippen molar-refractivity contribution in [2.45, 2.75) is 9.79 Å². The van der Waals surface area contributed by atoms with Crippen molar-refractivity contribution in [2.24, 2.45) is 0 Å². The first-order valence-corrected chi connectivity index (χ1v) is 21.2. The lowest BCUT2D eigenvalue weighted by molar-refractivity contribution is 0.584. The topological polar surface area (TPSA) is 129 Å². The SMILES string of the molecule is O=S(=O)(c1ccccc1)N(c1c2nc(c(-c3ccccc3)c3ccc([nH]3)c(Br)c3nc(c(-c4ccccc4)c4ccc1[nH]4)C=C3)C=C2)S(=O)(=O)c1ccccc1. The van der Waals surface area contributed by atoms with Gasteiger partial charge in [-0.1, -0.05) is 97.1 Å². The van der Waals surface area contributed by atoms with Gasteiger partial charge >= 0.3 is 0 Å². The van der Waals surface area contributed by atoms with E-state index in [2.05, 4.69) is 25.9 Å². The van der Waals surface area contributed by atoms with E-state index in [1.54, 1.807) is 60.7 Å². The van der Waals surface area contributed by atoms with E-state index in [-0.39, 0.29) is 26.7 Å². The molecule has 0 atom stereocenters. The molecule has 0 saturated heterocycles. The number of sulfonamides is 2. The first-order valence-electron chi connectivity index (χ1n) is 17.5. The maximum Gasteiger partial charge on any atom is 0.277 e. The summed E-state index contributed by atoms with van der Waals surface area (Å²) in [6.07, 6.45) is 7.27. The Hall–Kier alpha value is -6.34. The second kappa shape index (κ2) is 14.1. The van der Waals surface area contributed by atoms with Crippen molar-refractivity contribution in [1.82, 2.24) is 19.9 Å². The quantitative estimate of drug-likeness (QED) is 0.164. The number of H-pyrrole nitrogens is 2. The van der Waals surface area contributed by atoms with Crippen LogP contribution in [-0.2, 0) is 20.0 Å². The number of benzene rings is 4. The van der Waals surface area contributed by atoms with Gasteiger partial charge in [0.15, 0.2) is 0 Å². The minimum atomic E-state index is -4.81. The monoisotopic (exact) mass is 835 g/mol. The van der Waals surface area contributed by atoms with Crippen molar-refractivity contribution in [3.05, 3.63) is 173 Å². The van der Waals surface area contributed by atoms with Crippen LogP contribution in [0.1, 0.15) is 22.8 Å². The maximum atomic E-state index is 15.0. The third kappa shape index (κ3) is 6.17. The molecule has 0 aliphatic carbocycles. The first-order chi connectivity index (χ1) is 27.2. The van der Waals surface area contributed by atoms with Gasteiger partial charge in [0.2, 0.25) is 0 Å². The van der Waals surface area contributed by atoms with Crippen molar-refractivity contribution in [3.63, 3.8) is 0 Å². The Bertz CT molecular complexity index is 3010. The fourth-order valence-corrected chi connectivity index (χ4v) is 11.2. The first kappa shape index (κ1) is 35.4. The Morgan fingerprint density at radius 1 is 0.429 bits per heavy atom. The van der Waals surface area contributed by atoms with Gasteiger partial charge in [0.25, 0.3) is 20.0 Å². The normalized spacial score (nSPS) is 12.5. The Balaban J connectivity index is 1.49. The number of anilines is 1. The van der Waals surface area contributed by atoms with Crippen molar-refractivity contribution in [2.75, 3.05) is 3.71 Å². The van der Waals surface area contributed by atoms with Gasteiger partial charge in [0.05, 0.1) is 48.1 Å². The molecule has 0 fully saturated rings. The predicted molar refractivity (Wildman–Crippen MR) is 227 cm³/mol. The molecule has 274 valence electrons. The van der Waals surface area contributed by atoms with Crippen molar-refractivity contribution in [1.29, 1.82) is 0 Å². The molecule has 0 saturated carbocycles. The lowest BCUT2D eigenvalue weighted by Crippen LogP contribution is -2.37. The van der Waals surface area contributed by atoms with Crippen LogP contribution in [-0.4, -0.2) is 36.8 Å². The lowest BCUT2D eigenvalue weighted by Gasteiger charge is -2.25. The van der Waals surface area contributed by atoms with Gasteiger partial charge in [-0.3, -0.25) is 0 Å². The van der Waals surface area contributed by atoms with Crippen molar-refractivity contribution in [3.8, 4) is 22.3 Å². The van der Waals surface area contributed by atoms with Gasteiger partial charge < -0.3 is 9.97 Å². The number of aromatic amines is 2. The van der Waals surface area contributed by atoms with E-state index >= 15 is 0 Å². The van der Waals surface area contributed by atoms with Crippen LogP contribution in [0.5, 0.6) is 0 Å². The van der Waals surface area contributed by atoms with E-state index in [4.69, 9.17) is 9.97 Å². The Kier molecular flexibility index (Phi) is 8.88. The molecule has 0 spiro atoms. The molecule has 5 heterocycles. The number of nitrogens with one attached hydrogen (secondary N) is 2. The molecule has 2 aliphatic rings. The molecular formula is C44H30BrN5O4S2. The number of hydrogen-bond acceptors (Lipinski definition) is 6. The fourth-order valence-electron chi connectivity index (χ4n) is 6.91. The van der Waals surface area contributed by atoms with Crippen LogP contribution < -0.4 is 3.71 Å². The molecule has 0 unspecified atom stereocenters. The molecule has 4 aromatic carbocycles. The fraction of sp³-hybridized carbons (Fsp3) is 0. The second-order valence-electron chi connectivity index (χ2n) is 13.0. The van der Waals surface area contributed by atoms with Gasteiger partial charge in [0.1, 0.15) is 5.69 Å². The van der Waals surface area contributed by atoms with E-state index < -0.39 is 20.0 Å². The van der Waals surface area contributed by atoms with Gasteiger partial charge in [-0.2, -0.15) is 3.71 Å². The minimum absolute atomic E-state index is 0.113. The summed E-state index contributed by atoms with van der Waals surface area (Å²) in [6.45, 7) is 0. The summed E-state index contributed by atoms with van der Waals surface area (Å²) < 4.78 is 61.1. The number of fused-ring (bicyclic) bond motifs is 8. The predicted octanol–water partition coefficient (Wildman–Crippen LogP) is 10.3. The Labute approximate surface area is 331 Å². The summed E-state index contributed by atoms with van der Waals surface area (Å²) in [6, 6.07) is 41.8. The summed E-state index contributed by atoms with van der Waals surface area (Å²) >= 11 is 3.81. The molecule has 9 nitrogen and oxygen atoms in total. The molecule has 12 heteroatoms. The molecule has 56 heavy (non-hydrogen) atoms. The van der Waals surface area contributed by atoms with Crippen molar-refractivity contribution < 1.29 is 16.8 Å². The van der Waals surface area contributed by atoms with Crippen LogP contribution in [0.2, 0.25) is 0 Å². The van der Waals surface area contributed by atoms with E-state index in [0.717, 1.165) is 37.8 Å². The molecule has 3 aromatic heterocycles. The van der Waals surface area contributed by atoms with Gasteiger partial charge in [-0.25, -0.2) is 26.8 Å². The molecular weight excluding hydrogens is 807 g/mol. The van der Waals surface area contributed by atoms with Crippen LogP contribution in [0, 0.1) is 0 Å². The smallest absolute Gasteiger partial charge is 0.277 e. The van der Waals surface area contributed by atoms with Crippen LogP contribution in [0.15, 0.2) is 160 Å². The summed E-state index contributed by atoms with van der Waals surface area (Å²) in [4.78, 5) is 16.7. The lowest BCUT2D eigenvalue weighted by atomic mass is 10.0. The molecule has 0 radical (unpaired) electrons. The summed E-state index contributed by atoms with van der Waals surface area (Å²) in [5.41, 5.74) is 7.19. The zero-order valence-corrected chi connectivity index (χ0v) is 32.6. The largest absolute Gasteiger partial charge is 0.354 e.